The summed E-state index contributed by atoms with van der Waals surface area (Å²) in [6, 6.07) is 0. The fraction of sp³-hybridized carbons (Fsp3) is 0.923. The summed E-state index contributed by atoms with van der Waals surface area (Å²) >= 11 is 15.9. The van der Waals surface area contributed by atoms with Crippen molar-refractivity contribution in [1.29, 1.82) is 0 Å². The number of carbonyl (C=O) groups is 1. The first-order chi connectivity index (χ1) is 11.6. The van der Waals surface area contributed by atoms with Crippen molar-refractivity contribution in [3.8, 4) is 0 Å². The van der Waals surface area contributed by atoms with Crippen LogP contribution in [0.25, 0.3) is 0 Å². The van der Waals surface area contributed by atoms with Crippen molar-refractivity contribution >= 4 is 56.5 Å². The van der Waals surface area contributed by atoms with Crippen molar-refractivity contribution in [2.75, 3.05) is 52.9 Å². The first-order valence-electron chi connectivity index (χ1n) is 7.19. The van der Waals surface area contributed by atoms with Crippen LogP contribution in [-0.2, 0) is 14.3 Å². The van der Waals surface area contributed by atoms with Crippen LogP contribution in [0.2, 0.25) is 0 Å². The van der Waals surface area contributed by atoms with Gasteiger partial charge in [0.1, 0.15) is 6.61 Å². The molecule has 150 valence electrons. The zero-order valence-electron chi connectivity index (χ0n) is 13.5. The number of esters is 1. The molecule has 0 spiro atoms. The zero-order valence-corrected chi connectivity index (χ0v) is 17.1. The molecule has 0 aromatic heterocycles. The van der Waals surface area contributed by atoms with Crippen LogP contribution in [0.1, 0.15) is 0 Å². The van der Waals surface area contributed by atoms with Crippen LogP contribution in [0.15, 0.2) is 0 Å². The van der Waals surface area contributed by atoms with Gasteiger partial charge in [-0.3, -0.25) is 0 Å². The Morgan fingerprint density at radius 2 is 1.20 bits per heavy atom. The van der Waals surface area contributed by atoms with Crippen LogP contribution in [0, 0.1) is 10.8 Å². The van der Waals surface area contributed by atoms with Gasteiger partial charge in [0.15, 0.2) is 4.08 Å². The van der Waals surface area contributed by atoms with E-state index in [1.54, 1.807) is 0 Å². The van der Waals surface area contributed by atoms with Gasteiger partial charge in [-0.1, -0.05) is 0 Å². The molecular weight excluding hydrogens is 412 g/mol. The Kier molecular flexibility index (Phi) is 11.8. The number of hydrogen-bond donors (Lipinski definition) is 9. The van der Waals surface area contributed by atoms with Crippen LogP contribution in [0.4, 0.5) is 0 Å². The molecule has 0 radical (unpaired) electrons. The first-order valence-corrected chi connectivity index (χ1v) is 9.11. The maximum absolute atomic E-state index is 12.0. The molecule has 0 saturated heterocycles. The minimum Gasteiger partial charge on any atom is -0.463 e. The largest absolute Gasteiger partial charge is 0.463 e. The predicted octanol–water partition coefficient (Wildman–Crippen LogP) is -1.78. The highest BCUT2D eigenvalue weighted by Gasteiger charge is 2.40. The smallest absolute Gasteiger partial charge is 0.334 e. The Balaban J connectivity index is 4.83. The lowest BCUT2D eigenvalue weighted by atomic mass is 9.90. The van der Waals surface area contributed by atoms with Crippen LogP contribution < -0.4 is 0 Å². The summed E-state index contributed by atoms with van der Waals surface area (Å²) in [6.45, 7) is -3.59. The third-order valence-corrected chi connectivity index (χ3v) is 6.13. The molecule has 0 unspecified atom stereocenters. The molecule has 0 aliphatic carbocycles. The molecule has 0 saturated carbocycles. The highest BCUT2D eigenvalue weighted by atomic mass is 32.2. The van der Waals surface area contributed by atoms with E-state index < -0.39 is 65.1 Å². The molecule has 0 bridgehead atoms. The summed E-state index contributed by atoms with van der Waals surface area (Å²) in [5.41, 5.74) is -2.59. The average Bonchev–Trinajstić information content (AvgIpc) is 2.61. The van der Waals surface area contributed by atoms with Gasteiger partial charge in [0.05, 0.1) is 61.7 Å². The fourth-order valence-electron chi connectivity index (χ4n) is 1.48. The number of rotatable bonds is 13. The minimum absolute atomic E-state index is 0.232. The minimum atomic E-state index is -1.59. The SMILES string of the molecule is O=C(OCC(CO)(CO)COCC(CO)(CO)CO)C(S)(S)C(S)S. The van der Waals surface area contributed by atoms with E-state index in [9.17, 15) is 30.3 Å². The van der Waals surface area contributed by atoms with E-state index in [1.807, 2.05) is 0 Å². The quantitative estimate of drug-likeness (QED) is 0.0936. The predicted molar refractivity (Wildman–Crippen MR) is 105 cm³/mol. The Bertz CT molecular complexity index is 391. The number of hydrogen-bond acceptors (Lipinski definition) is 12. The lowest BCUT2D eigenvalue weighted by Gasteiger charge is -2.33. The van der Waals surface area contributed by atoms with E-state index in [0.29, 0.717) is 0 Å². The molecule has 0 aliphatic rings. The second-order valence-corrected chi connectivity index (χ2v) is 9.16. The van der Waals surface area contributed by atoms with Gasteiger partial charge in [-0.25, -0.2) is 4.79 Å². The number of ether oxygens (including phenoxy) is 2. The van der Waals surface area contributed by atoms with Crippen LogP contribution in [0.5, 0.6) is 0 Å². The van der Waals surface area contributed by atoms with E-state index in [0.717, 1.165) is 0 Å². The van der Waals surface area contributed by atoms with Gasteiger partial charge in [-0.2, -0.15) is 25.3 Å². The van der Waals surface area contributed by atoms with E-state index in [4.69, 9.17) is 9.47 Å². The molecule has 0 atom stereocenters. The maximum atomic E-state index is 12.0. The van der Waals surface area contributed by atoms with E-state index >= 15 is 0 Å². The Morgan fingerprint density at radius 3 is 1.56 bits per heavy atom. The van der Waals surface area contributed by atoms with E-state index in [1.165, 1.54) is 0 Å². The summed E-state index contributed by atoms with van der Waals surface area (Å²) < 4.78 is 7.94. The first kappa shape index (κ1) is 25.6. The van der Waals surface area contributed by atoms with Crippen LogP contribution in [0.3, 0.4) is 0 Å². The second-order valence-electron chi connectivity index (χ2n) is 5.96. The number of carbonyl (C=O) groups excluding carboxylic acids is 1. The summed E-state index contributed by atoms with van der Waals surface area (Å²) in [7, 11) is 0. The summed E-state index contributed by atoms with van der Waals surface area (Å²) in [6.07, 6.45) is 0. The molecule has 5 N–H and O–H groups in total. The lowest BCUT2D eigenvalue weighted by Crippen LogP contribution is -2.45. The van der Waals surface area contributed by atoms with Gasteiger partial charge in [-0.15, -0.1) is 25.3 Å². The molecule has 0 aromatic carbocycles. The van der Waals surface area contributed by atoms with Gasteiger partial charge in [0, 0.05) is 0 Å². The zero-order chi connectivity index (χ0) is 19.7. The van der Waals surface area contributed by atoms with E-state index in [-0.39, 0.29) is 13.2 Å². The van der Waals surface area contributed by atoms with E-state index in [2.05, 4.69) is 50.5 Å². The van der Waals surface area contributed by atoms with Gasteiger partial charge >= 0.3 is 5.97 Å². The van der Waals surface area contributed by atoms with Gasteiger partial charge in [0.25, 0.3) is 0 Å². The molecule has 0 rings (SSSR count). The average molecular weight is 439 g/mol. The van der Waals surface area contributed by atoms with Gasteiger partial charge < -0.3 is 35.0 Å². The summed E-state index contributed by atoms with van der Waals surface area (Å²) in [5, 5.41) is 46.8. The third-order valence-electron chi connectivity index (χ3n) is 3.66. The number of aliphatic hydroxyl groups excluding tert-OH is 5. The highest BCUT2D eigenvalue weighted by Crippen LogP contribution is 2.32. The topological polar surface area (TPSA) is 137 Å². The van der Waals surface area contributed by atoms with Crippen molar-refractivity contribution in [3.05, 3.63) is 0 Å². The maximum Gasteiger partial charge on any atom is 0.334 e. The number of aliphatic hydroxyl groups is 5. The van der Waals surface area contributed by atoms with Gasteiger partial charge in [0.2, 0.25) is 0 Å². The van der Waals surface area contributed by atoms with Crippen LogP contribution >= 0.6 is 50.5 Å². The third kappa shape index (κ3) is 7.28. The molecule has 0 amide bonds. The number of thiol groups is 4. The molecule has 0 fully saturated rings. The van der Waals surface area contributed by atoms with Crippen LogP contribution in [-0.4, -0.2) is 93.0 Å². The molecule has 8 nitrogen and oxygen atoms in total. The normalized spacial score (nSPS) is 13.4. The Hall–Kier alpha value is 0.630. The molecule has 0 heterocycles. The van der Waals surface area contributed by atoms with Crippen molar-refractivity contribution in [1.82, 2.24) is 0 Å². The second kappa shape index (κ2) is 11.5. The van der Waals surface area contributed by atoms with Crippen molar-refractivity contribution < 1.29 is 39.8 Å². The summed E-state index contributed by atoms with van der Waals surface area (Å²) in [4.78, 5) is 12.0. The highest BCUT2D eigenvalue weighted by molar-refractivity contribution is 8.08. The molecular formula is C13H26O8S4. The monoisotopic (exact) mass is 438 g/mol. The fourth-order valence-corrected chi connectivity index (χ4v) is 1.82. The molecule has 0 aromatic rings. The summed E-state index contributed by atoms with van der Waals surface area (Å²) in [5.74, 6) is -0.865. The Morgan fingerprint density at radius 1 is 0.800 bits per heavy atom. The van der Waals surface area contributed by atoms with Gasteiger partial charge in [-0.05, 0) is 0 Å². The van der Waals surface area contributed by atoms with Crippen molar-refractivity contribution in [3.63, 3.8) is 0 Å². The van der Waals surface area contributed by atoms with Crippen molar-refractivity contribution in [2.45, 2.75) is 8.66 Å². The Labute approximate surface area is 168 Å². The lowest BCUT2D eigenvalue weighted by molar-refractivity contribution is -0.154. The molecule has 0 aliphatic heterocycles. The molecule has 12 heteroatoms. The molecule has 25 heavy (non-hydrogen) atoms. The van der Waals surface area contributed by atoms with Crippen molar-refractivity contribution in [2.24, 2.45) is 10.8 Å². The standard InChI is InChI=1S/C13H26O8S4/c14-1-11(2-15,3-16)6-20-7-12(4-17,5-18)8-21-9(19)13(24,25)10(22)23/h10,14-18,22-25H,1-8H2.